The van der Waals surface area contributed by atoms with Gasteiger partial charge in [-0.3, -0.25) is 4.52 Å². The third kappa shape index (κ3) is 4.44. The number of nitrogens with two attached hydrogens (primary N) is 1. The molecule has 0 spiro atoms. The number of hydrogen-bond donors (Lipinski definition) is 5. The quantitative estimate of drug-likeness (QED) is 0.215. The second kappa shape index (κ2) is 9.10. The number of aromatic amines is 1. The van der Waals surface area contributed by atoms with Crippen LogP contribution < -0.4 is 20.7 Å². The van der Waals surface area contributed by atoms with Crippen molar-refractivity contribution in [2.75, 3.05) is 23.8 Å². The Kier molecular flexibility index (Phi) is 5.96. The van der Waals surface area contributed by atoms with E-state index in [9.17, 15) is 8.96 Å². The maximum Gasteiger partial charge on any atom is 0.470 e. The molecule has 2 bridgehead atoms. The monoisotopic (exact) mass is 544 g/mol. The lowest BCUT2D eigenvalue weighted by molar-refractivity contribution is 0.140. The molecule has 2 fully saturated rings. The number of ether oxygens (including phenoxy) is 1. The summed E-state index contributed by atoms with van der Waals surface area (Å²) in [5, 5.41) is 4.37. The first-order valence-corrected chi connectivity index (χ1v) is 13.6. The van der Waals surface area contributed by atoms with Crippen molar-refractivity contribution in [3.8, 4) is 11.8 Å². The molecule has 4 atom stereocenters. The molecule has 200 valence electrons. The average molecular weight is 544 g/mol. The lowest BCUT2D eigenvalue weighted by atomic mass is 10.0. The van der Waals surface area contributed by atoms with E-state index in [-0.39, 0.29) is 35.5 Å². The standard InChI is InChI=1S/C23H26FN8O5P/c1-10(37-38(33,34)35)20-27-7-14(8-28-20)36-23-30-21-18(15-4-12(24)5-17(26-2)19(15)29-21)22(31-23)32-9-11-3-13(32)6-16(11)25/h4-5,7-8,10-11,13,16,26H,3,6,9,25H2,1-2H3,(H,29,30,31)(H2,33,34,35)/t10?,11-,13-,16-/m1/s1. The van der Waals surface area contributed by atoms with Gasteiger partial charge in [0, 0.05) is 31.1 Å². The molecule has 1 aromatic carbocycles. The first-order chi connectivity index (χ1) is 18.1. The predicted molar refractivity (Wildman–Crippen MR) is 136 cm³/mol. The summed E-state index contributed by atoms with van der Waals surface area (Å²) in [6.07, 6.45) is 3.45. The van der Waals surface area contributed by atoms with E-state index in [0.717, 1.165) is 19.4 Å². The number of phosphoric acid groups is 1. The van der Waals surface area contributed by atoms with E-state index in [2.05, 4.69) is 34.7 Å². The highest BCUT2D eigenvalue weighted by molar-refractivity contribution is 7.46. The third-order valence-corrected chi connectivity index (χ3v) is 7.73. The number of benzene rings is 1. The number of rotatable bonds is 7. The minimum atomic E-state index is -4.70. The fourth-order valence-corrected chi connectivity index (χ4v) is 5.98. The highest BCUT2D eigenvalue weighted by Crippen LogP contribution is 2.44. The molecule has 3 aromatic heterocycles. The highest BCUT2D eigenvalue weighted by atomic mass is 31.2. The van der Waals surface area contributed by atoms with Crippen LogP contribution in [0, 0.1) is 11.7 Å². The molecule has 6 rings (SSSR count). The van der Waals surface area contributed by atoms with Crippen molar-refractivity contribution in [2.24, 2.45) is 11.7 Å². The Bertz CT molecular complexity index is 1580. The smallest absolute Gasteiger partial charge is 0.421 e. The van der Waals surface area contributed by atoms with E-state index in [0.29, 0.717) is 39.4 Å². The number of phosphoric ester groups is 1. The van der Waals surface area contributed by atoms with Gasteiger partial charge in [-0.2, -0.15) is 9.97 Å². The van der Waals surface area contributed by atoms with Gasteiger partial charge in [0.25, 0.3) is 0 Å². The Hall–Kier alpha value is -3.42. The summed E-state index contributed by atoms with van der Waals surface area (Å²) in [7, 11) is -2.98. The molecule has 1 unspecified atom stereocenters. The second-order valence-corrected chi connectivity index (χ2v) is 10.8. The lowest BCUT2D eigenvalue weighted by Gasteiger charge is -2.31. The molecule has 1 aliphatic heterocycles. The number of aromatic nitrogens is 5. The Morgan fingerprint density at radius 1 is 1.26 bits per heavy atom. The summed E-state index contributed by atoms with van der Waals surface area (Å²) >= 11 is 0. The summed E-state index contributed by atoms with van der Waals surface area (Å²) in [5.74, 6) is 0.880. The van der Waals surface area contributed by atoms with Crippen molar-refractivity contribution in [1.29, 1.82) is 0 Å². The van der Waals surface area contributed by atoms with Crippen LogP contribution in [0.3, 0.4) is 0 Å². The van der Waals surface area contributed by atoms with Crippen LogP contribution in [0.2, 0.25) is 0 Å². The number of fused-ring (bicyclic) bond motifs is 5. The van der Waals surface area contributed by atoms with Crippen LogP contribution in [0.5, 0.6) is 11.8 Å². The highest BCUT2D eigenvalue weighted by Gasteiger charge is 2.44. The molecule has 0 radical (unpaired) electrons. The number of anilines is 2. The van der Waals surface area contributed by atoms with E-state index >= 15 is 0 Å². The zero-order valence-corrected chi connectivity index (χ0v) is 21.4. The Balaban J connectivity index is 1.40. The van der Waals surface area contributed by atoms with Crippen LogP contribution >= 0.6 is 7.82 Å². The van der Waals surface area contributed by atoms with Crippen molar-refractivity contribution in [3.05, 3.63) is 36.2 Å². The van der Waals surface area contributed by atoms with Gasteiger partial charge in [0.05, 0.1) is 29.0 Å². The van der Waals surface area contributed by atoms with Crippen molar-refractivity contribution in [1.82, 2.24) is 24.9 Å². The number of hydrogen-bond acceptors (Lipinski definition) is 10. The number of nitrogens with one attached hydrogen (secondary N) is 2. The normalized spacial score (nSPS) is 21.9. The lowest BCUT2D eigenvalue weighted by Crippen LogP contribution is -2.41. The third-order valence-electron chi connectivity index (χ3n) is 7.14. The fraction of sp³-hybridized carbons (Fsp3) is 0.391. The molecule has 6 N–H and O–H groups in total. The second-order valence-electron chi connectivity index (χ2n) is 9.62. The molecule has 4 aromatic rings. The number of H-pyrrole nitrogens is 1. The van der Waals surface area contributed by atoms with Gasteiger partial charge in [-0.25, -0.2) is 18.9 Å². The SMILES string of the molecule is CNc1cc(F)cc2c1[nH]c1nc(Oc3cnc(C(C)OP(=O)(O)O)nc3)nc(N3C[C@H]4C[C@@H]3C[C@H]4N)c12. The maximum absolute atomic E-state index is 14.5. The molecule has 13 nitrogen and oxygen atoms in total. The summed E-state index contributed by atoms with van der Waals surface area (Å²) in [6, 6.07) is 3.27. The van der Waals surface area contributed by atoms with Gasteiger partial charge in [-0.15, -0.1) is 0 Å². The van der Waals surface area contributed by atoms with E-state index < -0.39 is 13.9 Å². The van der Waals surface area contributed by atoms with Crippen molar-refractivity contribution in [2.45, 2.75) is 38.0 Å². The van der Waals surface area contributed by atoms with Gasteiger partial charge >= 0.3 is 13.8 Å². The van der Waals surface area contributed by atoms with Gasteiger partial charge < -0.3 is 35.5 Å². The minimum Gasteiger partial charge on any atom is -0.421 e. The van der Waals surface area contributed by atoms with Crippen LogP contribution in [-0.2, 0) is 9.09 Å². The van der Waals surface area contributed by atoms with Crippen LogP contribution in [-0.4, -0.2) is 60.4 Å². The fourth-order valence-electron chi connectivity index (χ4n) is 5.48. The molecule has 4 heterocycles. The van der Waals surface area contributed by atoms with E-state index in [1.807, 2.05) is 0 Å². The Morgan fingerprint density at radius 3 is 2.66 bits per heavy atom. The summed E-state index contributed by atoms with van der Waals surface area (Å²) in [4.78, 5) is 41.0. The molecule has 1 saturated heterocycles. The molecular formula is C23H26FN8O5P. The Labute approximate surface area is 215 Å². The Morgan fingerprint density at radius 2 is 2.03 bits per heavy atom. The van der Waals surface area contributed by atoms with Crippen molar-refractivity contribution < 1.29 is 28.0 Å². The molecular weight excluding hydrogens is 518 g/mol. The largest absolute Gasteiger partial charge is 0.470 e. The molecule has 38 heavy (non-hydrogen) atoms. The maximum atomic E-state index is 14.5. The predicted octanol–water partition coefficient (Wildman–Crippen LogP) is 2.97. The molecule has 2 aliphatic rings. The summed E-state index contributed by atoms with van der Waals surface area (Å²) in [5.41, 5.74) is 8.06. The number of nitrogens with zero attached hydrogens (tertiary/aromatic N) is 5. The first kappa shape index (κ1) is 24.9. The van der Waals surface area contributed by atoms with Crippen molar-refractivity contribution in [3.63, 3.8) is 0 Å². The van der Waals surface area contributed by atoms with Crippen LogP contribution in [0.1, 0.15) is 31.7 Å². The van der Waals surface area contributed by atoms with Gasteiger partial charge in [-0.1, -0.05) is 0 Å². The minimum absolute atomic E-state index is 0.0356. The van der Waals surface area contributed by atoms with Gasteiger partial charge in [0.1, 0.15) is 23.4 Å². The topological polar surface area (TPSA) is 185 Å². The van der Waals surface area contributed by atoms with Gasteiger partial charge in [0.2, 0.25) is 0 Å². The van der Waals surface area contributed by atoms with Crippen LogP contribution in [0.4, 0.5) is 15.9 Å². The number of halogens is 1. The number of piperidine rings is 1. The van der Waals surface area contributed by atoms with E-state index in [4.69, 9.17) is 25.2 Å². The summed E-state index contributed by atoms with van der Waals surface area (Å²) < 4.78 is 36.1. The zero-order valence-electron chi connectivity index (χ0n) is 20.5. The van der Waals surface area contributed by atoms with E-state index in [1.165, 1.54) is 31.5 Å². The first-order valence-electron chi connectivity index (χ1n) is 12.1. The molecule has 15 heteroatoms. The van der Waals surface area contributed by atoms with Crippen LogP contribution in [0.25, 0.3) is 21.9 Å². The molecule has 1 aliphatic carbocycles. The molecule has 0 amide bonds. The van der Waals surface area contributed by atoms with Crippen LogP contribution in [0.15, 0.2) is 24.5 Å². The molecule has 1 saturated carbocycles. The van der Waals surface area contributed by atoms with Crippen molar-refractivity contribution >= 4 is 41.3 Å². The average Bonchev–Trinajstić information content (AvgIpc) is 3.54. The van der Waals surface area contributed by atoms with Gasteiger partial charge in [-0.05, 0) is 37.8 Å². The summed E-state index contributed by atoms with van der Waals surface area (Å²) in [6.45, 7) is 2.15. The van der Waals surface area contributed by atoms with Gasteiger partial charge in [0.15, 0.2) is 11.6 Å². The van der Waals surface area contributed by atoms with E-state index in [1.54, 1.807) is 7.05 Å². The zero-order chi connectivity index (χ0) is 26.8.